The highest BCUT2D eigenvalue weighted by atomic mass is 16.5. The Morgan fingerprint density at radius 1 is 1.44 bits per heavy atom. The van der Waals surface area contributed by atoms with Gasteiger partial charge in [-0.2, -0.15) is 0 Å². The van der Waals surface area contributed by atoms with Crippen LogP contribution < -0.4 is 0 Å². The summed E-state index contributed by atoms with van der Waals surface area (Å²) >= 11 is 0. The molecule has 0 aromatic rings. The second-order valence-electron chi connectivity index (χ2n) is 4.72. The molecule has 5 heteroatoms. The van der Waals surface area contributed by atoms with Crippen molar-refractivity contribution in [2.45, 2.75) is 33.3 Å². The van der Waals surface area contributed by atoms with E-state index in [1.54, 1.807) is 4.90 Å². The number of aliphatic carboxylic acids is 1. The van der Waals surface area contributed by atoms with Crippen molar-refractivity contribution < 1.29 is 19.4 Å². The zero-order chi connectivity index (χ0) is 12.3. The van der Waals surface area contributed by atoms with Crippen LogP contribution in [0.2, 0.25) is 0 Å². The average Bonchev–Trinajstić information content (AvgIpc) is 2.41. The number of carbonyl (C=O) groups excluding carboxylic acids is 1. The summed E-state index contributed by atoms with van der Waals surface area (Å²) in [4.78, 5) is 24.6. The Morgan fingerprint density at radius 3 is 2.62 bits per heavy atom. The summed E-state index contributed by atoms with van der Waals surface area (Å²) in [5.74, 6) is -1.42. The number of hydrogen-bond acceptors (Lipinski definition) is 3. The molecule has 1 aliphatic heterocycles. The van der Waals surface area contributed by atoms with Crippen LogP contribution in [0.3, 0.4) is 0 Å². The topological polar surface area (TPSA) is 66.8 Å². The quantitative estimate of drug-likeness (QED) is 0.709. The predicted octanol–water partition coefficient (Wildman–Crippen LogP) is 0.735. The van der Waals surface area contributed by atoms with Gasteiger partial charge in [0.05, 0.1) is 6.10 Å². The Hall–Kier alpha value is -1.10. The maximum atomic E-state index is 12.0. The van der Waals surface area contributed by atoms with E-state index in [-0.39, 0.29) is 12.0 Å². The molecule has 1 N–H and O–H groups in total. The summed E-state index contributed by atoms with van der Waals surface area (Å²) < 4.78 is 5.42. The van der Waals surface area contributed by atoms with E-state index in [1.807, 2.05) is 6.92 Å². The van der Waals surface area contributed by atoms with Gasteiger partial charge in [0.2, 0.25) is 5.91 Å². The fourth-order valence-corrected chi connectivity index (χ4v) is 1.67. The molecule has 1 amide bonds. The number of amides is 1. The summed E-state index contributed by atoms with van der Waals surface area (Å²) in [5.41, 5.74) is -1.36. The normalized spacial score (nSPS) is 22.7. The number of hydrogen-bond donors (Lipinski definition) is 1. The van der Waals surface area contributed by atoms with Crippen LogP contribution in [0, 0.1) is 5.41 Å². The number of ether oxygens (including phenoxy) is 1. The number of carboxylic acid groups (broad SMARTS) is 1. The summed E-state index contributed by atoms with van der Waals surface area (Å²) in [7, 11) is 0. The second kappa shape index (κ2) is 4.82. The maximum Gasteiger partial charge on any atom is 0.318 e. The number of carbonyl (C=O) groups is 2. The maximum absolute atomic E-state index is 12.0. The standard InChI is InChI=1S/C11H19NO4/c1-8-7-12(5-4-6-16-8)9(13)11(2,3)10(14)15/h8H,4-7H2,1-3H3,(H,14,15). The van der Waals surface area contributed by atoms with Crippen molar-refractivity contribution in [3.05, 3.63) is 0 Å². The minimum atomic E-state index is -1.36. The minimum Gasteiger partial charge on any atom is -0.480 e. The largest absolute Gasteiger partial charge is 0.480 e. The van der Waals surface area contributed by atoms with E-state index < -0.39 is 11.4 Å². The molecule has 0 aliphatic carbocycles. The van der Waals surface area contributed by atoms with E-state index in [9.17, 15) is 9.59 Å². The average molecular weight is 229 g/mol. The Labute approximate surface area is 95.4 Å². The Kier molecular flexibility index (Phi) is 3.91. The first-order valence-corrected chi connectivity index (χ1v) is 5.50. The lowest BCUT2D eigenvalue weighted by atomic mass is 9.91. The molecule has 1 rings (SSSR count). The van der Waals surface area contributed by atoms with Crippen molar-refractivity contribution in [1.29, 1.82) is 0 Å². The second-order valence-corrected chi connectivity index (χ2v) is 4.72. The van der Waals surface area contributed by atoms with Gasteiger partial charge in [0.1, 0.15) is 5.41 Å². The van der Waals surface area contributed by atoms with Crippen LogP contribution in [-0.2, 0) is 14.3 Å². The van der Waals surface area contributed by atoms with Gasteiger partial charge in [-0.25, -0.2) is 0 Å². The fourth-order valence-electron chi connectivity index (χ4n) is 1.67. The Balaban J connectivity index is 2.75. The molecule has 92 valence electrons. The molecule has 5 nitrogen and oxygen atoms in total. The van der Waals surface area contributed by atoms with Gasteiger partial charge in [-0.05, 0) is 27.2 Å². The van der Waals surface area contributed by atoms with Crippen LogP contribution in [0.15, 0.2) is 0 Å². The molecule has 0 aromatic heterocycles. The van der Waals surface area contributed by atoms with Gasteiger partial charge in [0.25, 0.3) is 0 Å². The summed E-state index contributed by atoms with van der Waals surface area (Å²) in [5, 5.41) is 9.00. The third-order valence-electron chi connectivity index (χ3n) is 2.81. The molecule has 0 radical (unpaired) electrons. The van der Waals surface area contributed by atoms with Crippen molar-refractivity contribution in [2.75, 3.05) is 19.7 Å². The molecule has 1 saturated heterocycles. The lowest BCUT2D eigenvalue weighted by Gasteiger charge is -2.29. The summed E-state index contributed by atoms with van der Waals surface area (Å²) in [6, 6.07) is 0. The Bertz CT molecular complexity index is 288. The van der Waals surface area contributed by atoms with Crippen molar-refractivity contribution in [3.63, 3.8) is 0 Å². The lowest BCUT2D eigenvalue weighted by Crippen LogP contribution is -2.47. The van der Waals surface area contributed by atoms with Crippen molar-refractivity contribution in [2.24, 2.45) is 5.41 Å². The van der Waals surface area contributed by atoms with E-state index in [4.69, 9.17) is 9.84 Å². The van der Waals surface area contributed by atoms with E-state index in [0.717, 1.165) is 6.42 Å². The summed E-state index contributed by atoms with van der Waals surface area (Å²) in [6.07, 6.45) is 0.724. The highest BCUT2D eigenvalue weighted by Crippen LogP contribution is 2.20. The molecule has 0 spiro atoms. The van der Waals surface area contributed by atoms with Gasteiger partial charge in [0.15, 0.2) is 0 Å². The van der Waals surface area contributed by atoms with Gasteiger partial charge >= 0.3 is 5.97 Å². The van der Waals surface area contributed by atoms with Gasteiger partial charge < -0.3 is 14.7 Å². The summed E-state index contributed by atoms with van der Waals surface area (Å²) in [6.45, 7) is 6.43. The molecule has 0 aromatic carbocycles. The number of carboxylic acids is 1. The fraction of sp³-hybridized carbons (Fsp3) is 0.818. The van der Waals surface area contributed by atoms with Gasteiger partial charge in [-0.3, -0.25) is 9.59 Å². The molecule has 1 atom stereocenters. The predicted molar refractivity (Wildman–Crippen MR) is 58.0 cm³/mol. The van der Waals surface area contributed by atoms with Gasteiger partial charge in [-0.15, -0.1) is 0 Å². The molecule has 1 aliphatic rings. The molecular formula is C11H19NO4. The zero-order valence-corrected chi connectivity index (χ0v) is 10.0. The molecule has 1 heterocycles. The van der Waals surface area contributed by atoms with Crippen molar-refractivity contribution in [1.82, 2.24) is 4.90 Å². The smallest absolute Gasteiger partial charge is 0.318 e. The van der Waals surface area contributed by atoms with E-state index >= 15 is 0 Å². The van der Waals surface area contributed by atoms with Crippen LogP contribution in [0.4, 0.5) is 0 Å². The van der Waals surface area contributed by atoms with E-state index in [2.05, 4.69) is 0 Å². The van der Waals surface area contributed by atoms with Crippen LogP contribution in [0.5, 0.6) is 0 Å². The SMILES string of the molecule is CC1CN(C(=O)C(C)(C)C(=O)O)CCCO1. The van der Waals surface area contributed by atoms with E-state index in [0.29, 0.717) is 19.7 Å². The third-order valence-corrected chi connectivity index (χ3v) is 2.81. The zero-order valence-electron chi connectivity index (χ0n) is 10.0. The number of rotatable bonds is 2. The molecular weight excluding hydrogens is 210 g/mol. The molecule has 1 unspecified atom stereocenters. The van der Waals surface area contributed by atoms with Gasteiger partial charge in [-0.1, -0.05) is 0 Å². The van der Waals surface area contributed by atoms with Crippen molar-refractivity contribution >= 4 is 11.9 Å². The molecule has 1 fully saturated rings. The highest BCUT2D eigenvalue weighted by Gasteiger charge is 2.39. The molecule has 0 saturated carbocycles. The minimum absolute atomic E-state index is 0.0314. The van der Waals surface area contributed by atoms with E-state index in [1.165, 1.54) is 13.8 Å². The first-order chi connectivity index (χ1) is 7.35. The first-order valence-electron chi connectivity index (χ1n) is 5.50. The van der Waals surface area contributed by atoms with Crippen LogP contribution >= 0.6 is 0 Å². The third kappa shape index (κ3) is 2.72. The molecule has 0 bridgehead atoms. The Morgan fingerprint density at radius 2 is 2.06 bits per heavy atom. The molecule has 16 heavy (non-hydrogen) atoms. The monoisotopic (exact) mass is 229 g/mol. The van der Waals surface area contributed by atoms with Gasteiger partial charge in [0, 0.05) is 19.7 Å². The highest BCUT2D eigenvalue weighted by molar-refractivity contribution is 6.00. The van der Waals surface area contributed by atoms with Crippen LogP contribution in [-0.4, -0.2) is 47.7 Å². The lowest BCUT2D eigenvalue weighted by molar-refractivity contribution is -0.158. The van der Waals surface area contributed by atoms with Crippen molar-refractivity contribution in [3.8, 4) is 0 Å². The first kappa shape index (κ1) is 13.0. The number of nitrogens with zero attached hydrogens (tertiary/aromatic N) is 1. The van der Waals surface area contributed by atoms with Crippen LogP contribution in [0.1, 0.15) is 27.2 Å². The van der Waals surface area contributed by atoms with Crippen LogP contribution in [0.25, 0.3) is 0 Å².